The molecular formula is C10H14F3NO3S. The van der Waals surface area contributed by atoms with Crippen LogP contribution in [0, 0.1) is 0 Å². The second-order valence-electron chi connectivity index (χ2n) is 4.64. The van der Waals surface area contributed by atoms with E-state index in [2.05, 4.69) is 4.18 Å². The molecule has 0 spiro atoms. The summed E-state index contributed by atoms with van der Waals surface area (Å²) in [5, 5.41) is 0. The molecule has 0 bridgehead atoms. The average Bonchev–Trinajstić information content (AvgIpc) is 2.58. The standard InChI is InChI=1S/C10H14F3NO3S/c1-9(2,3)16-8(15)14-5-4-7(6-14)17-18-10(11,12)13/h4H,5-6H2,1-3H3. The Hall–Kier alpha value is -1.05. The second kappa shape index (κ2) is 5.29. The van der Waals surface area contributed by atoms with Gasteiger partial charge in [0, 0.05) is 6.54 Å². The highest BCUT2D eigenvalue weighted by molar-refractivity contribution is 7.95. The van der Waals surface area contributed by atoms with Crippen LogP contribution >= 0.6 is 12.0 Å². The Balaban J connectivity index is 2.38. The van der Waals surface area contributed by atoms with Crippen LogP contribution in [0.15, 0.2) is 11.8 Å². The molecule has 0 aliphatic carbocycles. The predicted octanol–water partition coefficient (Wildman–Crippen LogP) is 3.31. The van der Waals surface area contributed by atoms with E-state index in [9.17, 15) is 18.0 Å². The fraction of sp³-hybridized carbons (Fsp3) is 0.700. The fourth-order valence-corrected chi connectivity index (χ4v) is 1.48. The van der Waals surface area contributed by atoms with Crippen molar-refractivity contribution < 1.29 is 26.9 Å². The topological polar surface area (TPSA) is 38.8 Å². The minimum atomic E-state index is -4.46. The lowest BCUT2D eigenvalue weighted by molar-refractivity contribution is -0.0384. The highest BCUT2D eigenvalue weighted by atomic mass is 32.2. The van der Waals surface area contributed by atoms with Crippen molar-refractivity contribution in [2.24, 2.45) is 0 Å². The number of nitrogens with zero attached hydrogens (tertiary/aromatic N) is 1. The van der Waals surface area contributed by atoms with E-state index in [1.165, 1.54) is 11.0 Å². The second-order valence-corrected chi connectivity index (χ2v) is 5.44. The lowest BCUT2D eigenvalue weighted by atomic mass is 10.2. The zero-order valence-electron chi connectivity index (χ0n) is 10.2. The number of halogens is 3. The van der Waals surface area contributed by atoms with Crippen molar-refractivity contribution in [2.75, 3.05) is 13.1 Å². The number of amides is 1. The molecule has 0 atom stereocenters. The first kappa shape index (κ1) is 15.0. The molecule has 0 fully saturated rings. The first-order valence-electron chi connectivity index (χ1n) is 5.16. The first-order chi connectivity index (χ1) is 8.07. The number of rotatable bonds is 2. The highest BCUT2D eigenvalue weighted by Crippen LogP contribution is 2.33. The van der Waals surface area contributed by atoms with Crippen molar-refractivity contribution in [1.29, 1.82) is 0 Å². The van der Waals surface area contributed by atoms with Crippen molar-refractivity contribution in [3.63, 3.8) is 0 Å². The zero-order valence-corrected chi connectivity index (χ0v) is 11.0. The number of alkyl halides is 3. The molecule has 0 aromatic heterocycles. The summed E-state index contributed by atoms with van der Waals surface area (Å²) >= 11 is -0.589. The summed E-state index contributed by atoms with van der Waals surface area (Å²) in [6.45, 7) is 5.31. The third-order valence-electron chi connectivity index (χ3n) is 1.78. The molecule has 1 aliphatic rings. The first-order valence-corrected chi connectivity index (χ1v) is 5.90. The van der Waals surface area contributed by atoms with Crippen LogP contribution in [0.1, 0.15) is 20.8 Å². The van der Waals surface area contributed by atoms with E-state index >= 15 is 0 Å². The van der Waals surface area contributed by atoms with E-state index in [-0.39, 0.29) is 18.8 Å². The molecule has 18 heavy (non-hydrogen) atoms. The number of hydrogen-bond donors (Lipinski definition) is 0. The van der Waals surface area contributed by atoms with E-state index < -0.39 is 29.2 Å². The van der Waals surface area contributed by atoms with Gasteiger partial charge < -0.3 is 8.92 Å². The Bertz CT molecular complexity index is 349. The van der Waals surface area contributed by atoms with E-state index in [4.69, 9.17) is 4.74 Å². The monoisotopic (exact) mass is 285 g/mol. The maximum atomic E-state index is 11.9. The van der Waals surface area contributed by atoms with Crippen molar-refractivity contribution in [3.05, 3.63) is 11.8 Å². The number of ether oxygens (including phenoxy) is 1. The maximum absolute atomic E-state index is 11.9. The summed E-state index contributed by atoms with van der Waals surface area (Å²) in [5.41, 5.74) is -5.10. The molecule has 0 saturated carbocycles. The molecule has 1 heterocycles. The molecule has 1 amide bonds. The predicted molar refractivity (Wildman–Crippen MR) is 60.6 cm³/mol. The molecule has 0 radical (unpaired) electrons. The Morgan fingerprint density at radius 3 is 2.50 bits per heavy atom. The van der Waals surface area contributed by atoms with Crippen molar-refractivity contribution in [3.8, 4) is 0 Å². The average molecular weight is 285 g/mol. The van der Waals surface area contributed by atoms with Gasteiger partial charge in [-0.1, -0.05) is 0 Å². The molecule has 0 saturated heterocycles. The zero-order chi connectivity index (χ0) is 14.0. The van der Waals surface area contributed by atoms with E-state index in [1.807, 2.05) is 0 Å². The molecular weight excluding hydrogens is 271 g/mol. The van der Waals surface area contributed by atoms with Gasteiger partial charge >= 0.3 is 11.6 Å². The van der Waals surface area contributed by atoms with Gasteiger partial charge in [-0.25, -0.2) is 4.79 Å². The van der Waals surface area contributed by atoms with Crippen LogP contribution in [0.4, 0.5) is 18.0 Å². The Morgan fingerprint density at radius 1 is 1.39 bits per heavy atom. The maximum Gasteiger partial charge on any atom is 0.479 e. The van der Waals surface area contributed by atoms with Gasteiger partial charge in [-0.3, -0.25) is 4.90 Å². The van der Waals surface area contributed by atoms with Crippen molar-refractivity contribution in [2.45, 2.75) is 31.9 Å². The van der Waals surface area contributed by atoms with Crippen LogP contribution in [0.25, 0.3) is 0 Å². The molecule has 4 nitrogen and oxygen atoms in total. The Labute approximate surface area is 107 Å². The number of hydrogen-bond acceptors (Lipinski definition) is 4. The van der Waals surface area contributed by atoms with Crippen LogP contribution in [0.5, 0.6) is 0 Å². The van der Waals surface area contributed by atoms with Gasteiger partial charge in [0.05, 0.1) is 6.54 Å². The SMILES string of the molecule is CC(C)(C)OC(=O)N1CC=C(OSC(F)(F)F)C1. The number of carbonyl (C=O) groups excluding carboxylic acids is 1. The van der Waals surface area contributed by atoms with Gasteiger partial charge in [-0.2, -0.15) is 13.2 Å². The summed E-state index contributed by atoms with van der Waals surface area (Å²) < 4.78 is 45.2. The van der Waals surface area contributed by atoms with Gasteiger partial charge in [-0.05, 0) is 26.8 Å². The summed E-state index contributed by atoms with van der Waals surface area (Å²) in [4.78, 5) is 12.9. The third kappa shape index (κ3) is 5.52. The minimum absolute atomic E-state index is 0.0159. The van der Waals surface area contributed by atoms with E-state index in [1.54, 1.807) is 20.8 Å². The lowest BCUT2D eigenvalue weighted by Crippen LogP contribution is -2.35. The molecule has 0 unspecified atom stereocenters. The molecule has 104 valence electrons. The van der Waals surface area contributed by atoms with Crippen LogP contribution in [0.3, 0.4) is 0 Å². The van der Waals surface area contributed by atoms with E-state index in [0.717, 1.165) is 0 Å². The van der Waals surface area contributed by atoms with Crippen LogP contribution in [-0.4, -0.2) is 35.2 Å². The summed E-state index contributed by atoms with van der Waals surface area (Å²) in [7, 11) is 0. The van der Waals surface area contributed by atoms with Gasteiger partial charge in [0.25, 0.3) is 0 Å². The van der Waals surface area contributed by atoms with E-state index in [0.29, 0.717) is 0 Å². The van der Waals surface area contributed by atoms with Crippen LogP contribution < -0.4 is 0 Å². The highest BCUT2D eigenvalue weighted by Gasteiger charge is 2.33. The third-order valence-corrected chi connectivity index (χ3v) is 2.27. The fourth-order valence-electron chi connectivity index (χ4n) is 1.16. The van der Waals surface area contributed by atoms with Crippen LogP contribution in [-0.2, 0) is 8.92 Å². The quantitative estimate of drug-likeness (QED) is 0.730. The summed E-state index contributed by atoms with van der Waals surface area (Å²) in [6.07, 6.45) is 0.845. The van der Waals surface area contributed by atoms with Gasteiger partial charge in [0.15, 0.2) is 12.0 Å². The smallest absolute Gasteiger partial charge is 0.444 e. The Morgan fingerprint density at radius 2 is 2.00 bits per heavy atom. The molecule has 0 aromatic rings. The van der Waals surface area contributed by atoms with Crippen molar-refractivity contribution in [1.82, 2.24) is 4.90 Å². The molecule has 0 aromatic carbocycles. The summed E-state index contributed by atoms with van der Waals surface area (Å²) in [5.74, 6) is 0.100. The molecule has 1 aliphatic heterocycles. The van der Waals surface area contributed by atoms with Gasteiger partial charge in [0.2, 0.25) is 0 Å². The summed E-state index contributed by atoms with van der Waals surface area (Å²) in [6, 6.07) is 0. The van der Waals surface area contributed by atoms with Crippen molar-refractivity contribution >= 4 is 18.1 Å². The van der Waals surface area contributed by atoms with Gasteiger partial charge in [0.1, 0.15) is 11.4 Å². The molecule has 0 N–H and O–H groups in total. The lowest BCUT2D eigenvalue weighted by Gasteiger charge is -2.24. The van der Waals surface area contributed by atoms with Gasteiger partial charge in [-0.15, -0.1) is 0 Å². The normalized spacial score (nSPS) is 16.6. The Kier molecular flexibility index (Phi) is 4.41. The minimum Gasteiger partial charge on any atom is -0.444 e. The number of carbonyl (C=O) groups is 1. The molecule has 8 heteroatoms. The molecule has 1 rings (SSSR count). The largest absolute Gasteiger partial charge is 0.479 e. The van der Waals surface area contributed by atoms with Crippen LogP contribution in [0.2, 0.25) is 0 Å².